The lowest BCUT2D eigenvalue weighted by Crippen LogP contribution is -2.18. The highest BCUT2D eigenvalue weighted by atomic mass is 16.5. The molecule has 0 saturated carbocycles. The second kappa shape index (κ2) is 7.27. The van der Waals surface area contributed by atoms with E-state index in [0.717, 1.165) is 0 Å². The van der Waals surface area contributed by atoms with Crippen molar-refractivity contribution in [3.63, 3.8) is 0 Å². The Balaban J connectivity index is 2.89. The van der Waals surface area contributed by atoms with Gasteiger partial charge >= 0.3 is 5.97 Å². The van der Waals surface area contributed by atoms with E-state index in [1.807, 2.05) is 13.0 Å². The van der Waals surface area contributed by atoms with Crippen LogP contribution >= 0.6 is 0 Å². The van der Waals surface area contributed by atoms with Gasteiger partial charge in [-0.25, -0.2) is 0 Å². The summed E-state index contributed by atoms with van der Waals surface area (Å²) in [6, 6.07) is 6.88. The number of nitrogens with zero attached hydrogens (tertiary/aromatic N) is 1. The lowest BCUT2D eigenvalue weighted by Gasteiger charge is -2.12. The van der Waals surface area contributed by atoms with Crippen LogP contribution in [0, 0.1) is 17.2 Å². The van der Waals surface area contributed by atoms with Gasteiger partial charge in [0.1, 0.15) is 5.92 Å². The van der Waals surface area contributed by atoms with E-state index in [4.69, 9.17) is 14.7 Å². The summed E-state index contributed by atoms with van der Waals surface area (Å²) in [5.74, 6) is -1.19. The molecule has 5 nitrogen and oxygen atoms in total. The second-order valence-electron chi connectivity index (χ2n) is 3.83. The predicted molar refractivity (Wildman–Crippen MR) is 68.7 cm³/mol. The van der Waals surface area contributed by atoms with Crippen LogP contribution in [0.3, 0.4) is 0 Å². The van der Waals surface area contributed by atoms with Crippen molar-refractivity contribution in [1.82, 2.24) is 0 Å². The van der Waals surface area contributed by atoms with Crippen LogP contribution in [0.5, 0.6) is 11.5 Å². The molecule has 0 radical (unpaired) electrons. The minimum atomic E-state index is -0.928. The molecule has 1 atom stereocenters. The Labute approximate surface area is 112 Å². The monoisotopic (exact) mass is 263 g/mol. The standard InChI is InChI=1S/C14H17NO4/c1-3-18-12-7-5-6-10(13(12)16)8-11(9-15)14(17)19-4-2/h5-7,11,16H,3-4,8H2,1-2H3. The SMILES string of the molecule is CCOC(=O)C(C#N)Cc1cccc(OCC)c1O. The smallest absolute Gasteiger partial charge is 0.323 e. The number of rotatable bonds is 6. The average Bonchev–Trinajstić information content (AvgIpc) is 2.40. The highest BCUT2D eigenvalue weighted by molar-refractivity contribution is 5.75. The lowest BCUT2D eigenvalue weighted by atomic mass is 9.99. The first-order valence-electron chi connectivity index (χ1n) is 6.13. The molecular weight excluding hydrogens is 246 g/mol. The molecule has 0 spiro atoms. The van der Waals surface area contributed by atoms with E-state index in [1.165, 1.54) is 0 Å². The Morgan fingerprint density at radius 2 is 2.16 bits per heavy atom. The molecule has 1 aromatic carbocycles. The molecule has 0 aliphatic carbocycles. The molecule has 1 aromatic rings. The molecule has 0 fully saturated rings. The summed E-state index contributed by atoms with van der Waals surface area (Å²) >= 11 is 0. The van der Waals surface area contributed by atoms with Crippen molar-refractivity contribution < 1.29 is 19.4 Å². The number of aromatic hydroxyl groups is 1. The Bertz CT molecular complexity index is 479. The Kier molecular flexibility index (Phi) is 5.68. The zero-order chi connectivity index (χ0) is 14.3. The number of hydrogen-bond donors (Lipinski definition) is 1. The van der Waals surface area contributed by atoms with Crippen molar-refractivity contribution in [3.8, 4) is 17.6 Å². The summed E-state index contributed by atoms with van der Waals surface area (Å²) in [4.78, 5) is 11.5. The first-order valence-corrected chi connectivity index (χ1v) is 6.13. The minimum absolute atomic E-state index is 0.0334. The Morgan fingerprint density at radius 3 is 2.74 bits per heavy atom. The molecule has 0 bridgehead atoms. The van der Waals surface area contributed by atoms with Crippen molar-refractivity contribution in [2.24, 2.45) is 5.92 Å². The second-order valence-corrected chi connectivity index (χ2v) is 3.83. The molecule has 19 heavy (non-hydrogen) atoms. The fourth-order valence-electron chi connectivity index (χ4n) is 1.65. The fraction of sp³-hybridized carbons (Fsp3) is 0.429. The molecule has 0 aliphatic rings. The molecule has 0 aliphatic heterocycles. The van der Waals surface area contributed by atoms with Gasteiger partial charge in [0.05, 0.1) is 19.3 Å². The number of nitriles is 1. The first kappa shape index (κ1) is 14.8. The van der Waals surface area contributed by atoms with E-state index in [1.54, 1.807) is 25.1 Å². The average molecular weight is 263 g/mol. The molecule has 0 aromatic heterocycles. The third kappa shape index (κ3) is 3.88. The van der Waals surface area contributed by atoms with Gasteiger partial charge in [0.25, 0.3) is 0 Å². The molecule has 1 rings (SSSR count). The van der Waals surface area contributed by atoms with E-state index in [0.29, 0.717) is 17.9 Å². The number of phenols is 1. The van der Waals surface area contributed by atoms with Crippen LogP contribution in [0.2, 0.25) is 0 Å². The van der Waals surface area contributed by atoms with Crippen molar-refractivity contribution in [3.05, 3.63) is 23.8 Å². The van der Waals surface area contributed by atoms with Gasteiger partial charge < -0.3 is 14.6 Å². The molecule has 102 valence electrons. The van der Waals surface area contributed by atoms with Crippen LogP contribution in [0.1, 0.15) is 19.4 Å². The van der Waals surface area contributed by atoms with Gasteiger partial charge in [-0.05, 0) is 25.5 Å². The maximum atomic E-state index is 11.5. The summed E-state index contributed by atoms with van der Waals surface area (Å²) in [6.07, 6.45) is 0.0993. The van der Waals surface area contributed by atoms with Crippen LogP contribution in [0.25, 0.3) is 0 Å². The summed E-state index contributed by atoms with van der Waals surface area (Å²) < 4.78 is 10.1. The third-order valence-corrected chi connectivity index (χ3v) is 2.53. The summed E-state index contributed by atoms with van der Waals surface area (Å²) in [5, 5.41) is 19.0. The molecule has 1 unspecified atom stereocenters. The summed E-state index contributed by atoms with van der Waals surface area (Å²) in [7, 11) is 0. The van der Waals surface area contributed by atoms with Crippen LogP contribution in [0.15, 0.2) is 18.2 Å². The quantitative estimate of drug-likeness (QED) is 0.794. The topological polar surface area (TPSA) is 79.6 Å². The third-order valence-electron chi connectivity index (χ3n) is 2.53. The maximum Gasteiger partial charge on any atom is 0.323 e. The number of benzene rings is 1. The number of phenolic OH excluding ortho intramolecular Hbond substituents is 1. The number of carbonyl (C=O) groups excluding carboxylic acids is 1. The predicted octanol–water partition coefficient (Wildman–Crippen LogP) is 2.04. The lowest BCUT2D eigenvalue weighted by molar-refractivity contribution is -0.145. The van der Waals surface area contributed by atoms with E-state index in [-0.39, 0.29) is 18.8 Å². The summed E-state index contributed by atoms with van der Waals surface area (Å²) in [6.45, 7) is 4.14. The van der Waals surface area contributed by atoms with Gasteiger partial charge in [0.2, 0.25) is 0 Å². The molecular formula is C14H17NO4. The zero-order valence-corrected chi connectivity index (χ0v) is 11.0. The fourth-order valence-corrected chi connectivity index (χ4v) is 1.65. The van der Waals surface area contributed by atoms with Gasteiger partial charge in [0.15, 0.2) is 11.5 Å². The molecule has 0 heterocycles. The van der Waals surface area contributed by atoms with Crippen molar-refractivity contribution in [2.45, 2.75) is 20.3 Å². The normalized spacial score (nSPS) is 11.4. The van der Waals surface area contributed by atoms with E-state index < -0.39 is 11.9 Å². The number of ether oxygens (including phenoxy) is 2. The number of carbonyl (C=O) groups is 1. The highest BCUT2D eigenvalue weighted by Crippen LogP contribution is 2.31. The molecule has 0 amide bonds. The molecule has 1 N–H and O–H groups in total. The zero-order valence-electron chi connectivity index (χ0n) is 11.0. The maximum absolute atomic E-state index is 11.5. The van der Waals surface area contributed by atoms with Crippen molar-refractivity contribution >= 4 is 5.97 Å². The number of esters is 1. The highest BCUT2D eigenvalue weighted by Gasteiger charge is 2.22. The summed E-state index contributed by atoms with van der Waals surface area (Å²) in [5.41, 5.74) is 0.491. The number of hydrogen-bond acceptors (Lipinski definition) is 5. The number of para-hydroxylation sites is 1. The van der Waals surface area contributed by atoms with Gasteiger partial charge in [-0.1, -0.05) is 12.1 Å². The van der Waals surface area contributed by atoms with Gasteiger partial charge in [-0.2, -0.15) is 5.26 Å². The largest absolute Gasteiger partial charge is 0.504 e. The molecule has 0 saturated heterocycles. The van der Waals surface area contributed by atoms with E-state index in [9.17, 15) is 9.90 Å². The van der Waals surface area contributed by atoms with E-state index in [2.05, 4.69) is 0 Å². The molecule has 5 heteroatoms. The van der Waals surface area contributed by atoms with Gasteiger partial charge in [0, 0.05) is 6.42 Å². The van der Waals surface area contributed by atoms with Crippen molar-refractivity contribution in [2.75, 3.05) is 13.2 Å². The van der Waals surface area contributed by atoms with Crippen molar-refractivity contribution in [1.29, 1.82) is 5.26 Å². The first-order chi connectivity index (χ1) is 9.13. The minimum Gasteiger partial charge on any atom is -0.504 e. The van der Waals surface area contributed by atoms with Crippen LogP contribution in [0.4, 0.5) is 0 Å². The Hall–Kier alpha value is -2.22. The van der Waals surface area contributed by atoms with Crippen LogP contribution in [-0.4, -0.2) is 24.3 Å². The Morgan fingerprint density at radius 1 is 1.42 bits per heavy atom. The van der Waals surface area contributed by atoms with Gasteiger partial charge in [-0.3, -0.25) is 4.79 Å². The van der Waals surface area contributed by atoms with Crippen LogP contribution < -0.4 is 4.74 Å². The van der Waals surface area contributed by atoms with E-state index >= 15 is 0 Å². The van der Waals surface area contributed by atoms with Gasteiger partial charge in [-0.15, -0.1) is 0 Å². The van der Waals surface area contributed by atoms with Crippen LogP contribution in [-0.2, 0) is 16.0 Å².